The second kappa shape index (κ2) is 4.85. The van der Waals surface area contributed by atoms with Crippen molar-refractivity contribution in [3.63, 3.8) is 0 Å². The van der Waals surface area contributed by atoms with E-state index in [9.17, 15) is 0 Å². The molecule has 0 radical (unpaired) electrons. The summed E-state index contributed by atoms with van der Waals surface area (Å²) in [5.41, 5.74) is 2.39. The monoisotopic (exact) mass is 243 g/mol. The molecule has 3 nitrogen and oxygen atoms in total. The van der Waals surface area contributed by atoms with Crippen molar-refractivity contribution in [3.05, 3.63) is 53.6 Å². The summed E-state index contributed by atoms with van der Waals surface area (Å²) in [5.74, 6) is 1.75. The van der Waals surface area contributed by atoms with Crippen molar-refractivity contribution in [2.24, 2.45) is 0 Å². The smallest absolute Gasteiger partial charge is 0.138 e. The van der Waals surface area contributed by atoms with Gasteiger partial charge in [-0.3, -0.25) is 0 Å². The van der Waals surface area contributed by atoms with Gasteiger partial charge in [0.25, 0.3) is 0 Å². The molecule has 2 heterocycles. The van der Waals surface area contributed by atoms with Gasteiger partial charge in [-0.2, -0.15) is 0 Å². The summed E-state index contributed by atoms with van der Waals surface area (Å²) < 4.78 is 0. The van der Waals surface area contributed by atoms with Crippen molar-refractivity contribution >= 4 is 11.8 Å². The Labute approximate surface area is 105 Å². The molecule has 0 saturated heterocycles. The Morgan fingerprint density at radius 2 is 2.06 bits per heavy atom. The highest BCUT2D eigenvalue weighted by molar-refractivity contribution is 7.98. The van der Waals surface area contributed by atoms with Crippen LogP contribution in [0.25, 0.3) is 0 Å². The fourth-order valence-electron chi connectivity index (χ4n) is 1.83. The molecule has 1 aliphatic rings. The summed E-state index contributed by atoms with van der Waals surface area (Å²) in [4.78, 5) is 10.2. The third-order valence-electron chi connectivity index (χ3n) is 2.72. The lowest BCUT2D eigenvalue weighted by Crippen LogP contribution is -2.01. The normalized spacial score (nSPS) is 13.6. The zero-order valence-corrected chi connectivity index (χ0v) is 10.2. The molecule has 0 aliphatic carbocycles. The molecular formula is C13H13N3S. The van der Waals surface area contributed by atoms with Gasteiger partial charge in [-0.05, 0) is 12.1 Å². The Bertz CT molecular complexity index is 513. The summed E-state index contributed by atoms with van der Waals surface area (Å²) in [5, 5.41) is 3.28. The third kappa shape index (κ3) is 2.48. The largest absolute Gasteiger partial charge is 0.307 e. The minimum atomic E-state index is 0.831. The molecule has 0 unspecified atom stereocenters. The highest BCUT2D eigenvalue weighted by Gasteiger charge is 2.12. The molecule has 0 fully saturated rings. The highest BCUT2D eigenvalue weighted by atomic mass is 32.2. The van der Waals surface area contributed by atoms with Gasteiger partial charge >= 0.3 is 0 Å². The molecule has 0 bridgehead atoms. The van der Waals surface area contributed by atoms with E-state index in [-0.39, 0.29) is 0 Å². The number of hydrogen-bond donors (Lipinski definition) is 1. The van der Waals surface area contributed by atoms with E-state index >= 15 is 0 Å². The molecule has 0 atom stereocenters. The molecule has 4 heteroatoms. The van der Waals surface area contributed by atoms with Crippen molar-refractivity contribution < 1.29 is 0 Å². The second-order valence-electron chi connectivity index (χ2n) is 3.96. The number of rotatable bonds is 3. The van der Waals surface area contributed by atoms with Gasteiger partial charge in [0.15, 0.2) is 0 Å². The van der Waals surface area contributed by atoms with Crippen LogP contribution in [0, 0.1) is 0 Å². The zero-order chi connectivity index (χ0) is 11.5. The fraction of sp³-hybridized carbons (Fsp3) is 0.231. The van der Waals surface area contributed by atoms with E-state index in [0.29, 0.717) is 0 Å². The van der Waals surface area contributed by atoms with Crippen LogP contribution in [-0.4, -0.2) is 9.97 Å². The minimum absolute atomic E-state index is 0.831. The van der Waals surface area contributed by atoms with E-state index in [1.807, 2.05) is 12.3 Å². The molecule has 17 heavy (non-hydrogen) atoms. The van der Waals surface area contributed by atoms with Crippen molar-refractivity contribution in [2.45, 2.75) is 23.7 Å². The van der Waals surface area contributed by atoms with E-state index in [1.54, 1.807) is 11.8 Å². The fourth-order valence-corrected chi connectivity index (χ4v) is 2.62. The van der Waals surface area contributed by atoms with Crippen LogP contribution in [0.1, 0.15) is 17.1 Å². The van der Waals surface area contributed by atoms with Crippen molar-refractivity contribution in [3.8, 4) is 0 Å². The average Bonchev–Trinajstić information content (AvgIpc) is 2.85. The van der Waals surface area contributed by atoms with Crippen molar-refractivity contribution in [1.82, 2.24) is 15.3 Å². The van der Waals surface area contributed by atoms with Gasteiger partial charge in [-0.1, -0.05) is 18.2 Å². The number of nitrogens with zero attached hydrogens (tertiary/aromatic N) is 2. The predicted octanol–water partition coefficient (Wildman–Crippen LogP) is 2.37. The van der Waals surface area contributed by atoms with Gasteiger partial charge in [0, 0.05) is 29.7 Å². The lowest BCUT2D eigenvalue weighted by Gasteiger charge is -2.02. The molecule has 0 saturated carbocycles. The van der Waals surface area contributed by atoms with E-state index in [2.05, 4.69) is 39.6 Å². The van der Waals surface area contributed by atoms with E-state index in [1.165, 1.54) is 10.5 Å². The Morgan fingerprint density at radius 3 is 2.94 bits per heavy atom. The van der Waals surface area contributed by atoms with Crippen LogP contribution in [0.15, 0.2) is 41.4 Å². The van der Waals surface area contributed by atoms with Crippen molar-refractivity contribution in [1.29, 1.82) is 0 Å². The Morgan fingerprint density at radius 1 is 1.18 bits per heavy atom. The first-order chi connectivity index (χ1) is 8.42. The Kier molecular flexibility index (Phi) is 3.07. The number of thioether (sulfide) groups is 1. The number of nitrogens with one attached hydrogen (secondary N) is 1. The van der Waals surface area contributed by atoms with Gasteiger partial charge in [0.1, 0.15) is 5.82 Å². The minimum Gasteiger partial charge on any atom is -0.307 e. The van der Waals surface area contributed by atoms with Crippen molar-refractivity contribution in [2.75, 3.05) is 0 Å². The van der Waals surface area contributed by atoms with Crippen LogP contribution in [0.5, 0.6) is 0 Å². The molecule has 1 N–H and O–H groups in total. The van der Waals surface area contributed by atoms with E-state index in [4.69, 9.17) is 0 Å². The molecule has 86 valence electrons. The van der Waals surface area contributed by atoms with Crippen LogP contribution < -0.4 is 5.32 Å². The number of aromatic nitrogens is 2. The summed E-state index contributed by atoms with van der Waals surface area (Å²) in [6.07, 6.45) is 1.95. The van der Waals surface area contributed by atoms with E-state index < -0.39 is 0 Å². The maximum atomic E-state index is 4.57. The quantitative estimate of drug-likeness (QED) is 0.840. The van der Waals surface area contributed by atoms with E-state index in [0.717, 1.165) is 30.4 Å². The van der Waals surface area contributed by atoms with Gasteiger partial charge in [0.2, 0.25) is 0 Å². The highest BCUT2D eigenvalue weighted by Crippen LogP contribution is 2.21. The van der Waals surface area contributed by atoms with Crippen LogP contribution in [0.4, 0.5) is 0 Å². The van der Waals surface area contributed by atoms with Crippen LogP contribution in [0.3, 0.4) is 0 Å². The summed E-state index contributed by atoms with van der Waals surface area (Å²) in [6, 6.07) is 10.4. The molecule has 0 spiro atoms. The SMILES string of the molecule is c1ccc(SCc2ncc3c(n2)CNC3)cc1. The lowest BCUT2D eigenvalue weighted by molar-refractivity contribution is 0.756. The Balaban J connectivity index is 1.70. The first kappa shape index (κ1) is 10.7. The van der Waals surface area contributed by atoms with Gasteiger partial charge in [-0.25, -0.2) is 9.97 Å². The van der Waals surface area contributed by atoms with Gasteiger partial charge < -0.3 is 5.32 Å². The molecule has 1 aromatic heterocycles. The maximum Gasteiger partial charge on any atom is 0.138 e. The van der Waals surface area contributed by atoms with Crippen LogP contribution >= 0.6 is 11.8 Å². The average molecular weight is 243 g/mol. The third-order valence-corrected chi connectivity index (χ3v) is 3.73. The Hall–Kier alpha value is -1.39. The topological polar surface area (TPSA) is 37.8 Å². The zero-order valence-electron chi connectivity index (χ0n) is 9.39. The molecular weight excluding hydrogens is 230 g/mol. The lowest BCUT2D eigenvalue weighted by atomic mass is 10.3. The maximum absolute atomic E-state index is 4.57. The molecule has 3 rings (SSSR count). The molecule has 0 amide bonds. The standard InChI is InChI=1S/C13H13N3S/c1-2-4-11(5-3-1)17-9-13-15-7-10-6-14-8-12(10)16-13/h1-5,7,14H,6,8-9H2. The number of fused-ring (bicyclic) bond motifs is 1. The van der Waals surface area contributed by atoms with Crippen LogP contribution in [0.2, 0.25) is 0 Å². The first-order valence-electron chi connectivity index (χ1n) is 5.64. The van der Waals surface area contributed by atoms with Crippen LogP contribution in [-0.2, 0) is 18.8 Å². The second-order valence-corrected chi connectivity index (χ2v) is 5.01. The predicted molar refractivity (Wildman–Crippen MR) is 68.6 cm³/mol. The molecule has 1 aromatic carbocycles. The summed E-state index contributed by atoms with van der Waals surface area (Å²) in [7, 11) is 0. The summed E-state index contributed by atoms with van der Waals surface area (Å²) >= 11 is 1.77. The first-order valence-corrected chi connectivity index (χ1v) is 6.62. The number of hydrogen-bond acceptors (Lipinski definition) is 4. The number of benzene rings is 1. The molecule has 2 aromatic rings. The summed E-state index contributed by atoms with van der Waals surface area (Å²) in [6.45, 7) is 1.78. The molecule has 1 aliphatic heterocycles. The van der Waals surface area contributed by atoms with Gasteiger partial charge in [-0.15, -0.1) is 11.8 Å². The van der Waals surface area contributed by atoms with Gasteiger partial charge in [0.05, 0.1) is 11.4 Å².